The predicted molar refractivity (Wildman–Crippen MR) is 102 cm³/mol. The zero-order chi connectivity index (χ0) is 16.1. The Morgan fingerprint density at radius 3 is 2.79 bits per heavy atom. The van der Waals surface area contributed by atoms with E-state index in [4.69, 9.17) is 9.84 Å². The maximum Gasteiger partial charge on any atom is 0.222 e. The highest BCUT2D eigenvalue weighted by molar-refractivity contribution is 9.10. The molecule has 0 spiro atoms. The molecule has 120 valence electrons. The Bertz CT molecular complexity index is 905. The first-order valence-electron chi connectivity index (χ1n) is 7.69. The highest BCUT2D eigenvalue weighted by atomic mass is 79.9. The lowest BCUT2D eigenvalue weighted by Gasteiger charge is -2.37. The van der Waals surface area contributed by atoms with Crippen molar-refractivity contribution < 1.29 is 4.74 Å². The summed E-state index contributed by atoms with van der Waals surface area (Å²) in [6.07, 6.45) is 0.760. The molecule has 0 saturated heterocycles. The number of hydrogen-bond donors (Lipinski definition) is 0. The number of nitrogens with zero attached hydrogens (tertiary/aromatic N) is 2. The van der Waals surface area contributed by atoms with E-state index in [0.29, 0.717) is 0 Å². The van der Waals surface area contributed by atoms with Crippen LogP contribution in [0.25, 0.3) is 0 Å². The van der Waals surface area contributed by atoms with Gasteiger partial charge < -0.3 is 4.74 Å². The number of thiophene rings is 2. The van der Waals surface area contributed by atoms with Gasteiger partial charge in [0.25, 0.3) is 0 Å². The number of hydrazone groups is 1. The van der Waals surface area contributed by atoms with Gasteiger partial charge in [0.05, 0.1) is 21.5 Å². The first-order valence-corrected chi connectivity index (χ1v) is 10.2. The molecule has 4 heterocycles. The fraction of sp³-hybridized carbons (Fsp3) is 0.167. The molecule has 2 atom stereocenters. The van der Waals surface area contributed by atoms with Gasteiger partial charge >= 0.3 is 0 Å². The van der Waals surface area contributed by atoms with Crippen molar-refractivity contribution >= 4 is 44.3 Å². The number of fused-ring (bicyclic) bond motifs is 3. The summed E-state index contributed by atoms with van der Waals surface area (Å²) in [6, 6.07) is 14.9. The van der Waals surface area contributed by atoms with Crippen LogP contribution in [0.4, 0.5) is 0 Å². The minimum absolute atomic E-state index is 0.152. The second-order valence-corrected chi connectivity index (χ2v) is 8.63. The van der Waals surface area contributed by atoms with Crippen LogP contribution in [-0.2, 0) is 0 Å². The third kappa shape index (κ3) is 2.32. The van der Waals surface area contributed by atoms with E-state index < -0.39 is 0 Å². The van der Waals surface area contributed by atoms with Crippen molar-refractivity contribution in [3.8, 4) is 5.75 Å². The zero-order valence-electron chi connectivity index (χ0n) is 12.6. The van der Waals surface area contributed by atoms with Crippen molar-refractivity contribution in [3.05, 3.63) is 73.0 Å². The van der Waals surface area contributed by atoms with E-state index in [0.717, 1.165) is 22.4 Å². The van der Waals surface area contributed by atoms with E-state index in [-0.39, 0.29) is 12.3 Å². The Kier molecular flexibility index (Phi) is 3.50. The molecule has 5 rings (SSSR count). The highest BCUT2D eigenvalue weighted by Crippen LogP contribution is 2.48. The minimum atomic E-state index is -0.152. The molecule has 2 aromatic heterocycles. The summed E-state index contributed by atoms with van der Waals surface area (Å²) in [5.74, 6) is 0.959. The van der Waals surface area contributed by atoms with Gasteiger partial charge in [-0.2, -0.15) is 5.10 Å². The molecule has 0 unspecified atom stereocenters. The van der Waals surface area contributed by atoms with Crippen LogP contribution in [0.5, 0.6) is 5.75 Å². The van der Waals surface area contributed by atoms with E-state index in [1.807, 2.05) is 6.07 Å². The summed E-state index contributed by atoms with van der Waals surface area (Å²) in [4.78, 5) is 2.43. The summed E-state index contributed by atoms with van der Waals surface area (Å²) in [6.45, 7) is 0. The second-order valence-electron chi connectivity index (χ2n) is 5.79. The van der Waals surface area contributed by atoms with Crippen LogP contribution in [0.3, 0.4) is 0 Å². The smallest absolute Gasteiger partial charge is 0.222 e. The van der Waals surface area contributed by atoms with Gasteiger partial charge in [-0.1, -0.05) is 28.1 Å². The molecule has 24 heavy (non-hydrogen) atoms. The number of rotatable bonds is 2. The topological polar surface area (TPSA) is 24.8 Å². The lowest BCUT2D eigenvalue weighted by atomic mass is 9.98. The summed E-state index contributed by atoms with van der Waals surface area (Å²) >= 11 is 7.04. The molecular formula is C18H13BrN2OS2. The lowest BCUT2D eigenvalue weighted by Crippen LogP contribution is -2.33. The highest BCUT2D eigenvalue weighted by Gasteiger charge is 2.41. The predicted octanol–water partition coefficient (Wildman–Crippen LogP) is 5.81. The van der Waals surface area contributed by atoms with E-state index in [9.17, 15) is 0 Å². The number of hydrogen-bond acceptors (Lipinski definition) is 5. The standard InChI is InChI=1S/C18H13BrN2OS2/c19-11-5-6-15-12(9-11)14-10-13(16-3-1-7-23-16)20-21(14)18(22-15)17-4-2-8-24-17/h1-9,14,18H,10H2/t14-,18-/m1/s1. The number of halogens is 1. The monoisotopic (exact) mass is 416 g/mol. The molecule has 6 heteroatoms. The van der Waals surface area contributed by atoms with Gasteiger partial charge in [0, 0.05) is 16.5 Å². The van der Waals surface area contributed by atoms with Crippen LogP contribution >= 0.6 is 38.6 Å². The Balaban J connectivity index is 1.62. The largest absolute Gasteiger partial charge is 0.464 e. The van der Waals surface area contributed by atoms with Crippen LogP contribution in [0.15, 0.2) is 62.8 Å². The number of ether oxygens (including phenoxy) is 1. The van der Waals surface area contributed by atoms with E-state index in [1.54, 1.807) is 22.7 Å². The van der Waals surface area contributed by atoms with Crippen LogP contribution in [0, 0.1) is 0 Å². The van der Waals surface area contributed by atoms with E-state index >= 15 is 0 Å². The molecule has 1 aromatic carbocycles. The van der Waals surface area contributed by atoms with Crippen molar-refractivity contribution in [1.82, 2.24) is 5.01 Å². The van der Waals surface area contributed by atoms with Gasteiger partial charge in [0.2, 0.25) is 6.23 Å². The Hall–Kier alpha value is -1.63. The third-order valence-corrected chi connectivity index (χ3v) is 6.66. The van der Waals surface area contributed by atoms with Crippen LogP contribution < -0.4 is 4.74 Å². The van der Waals surface area contributed by atoms with Crippen LogP contribution in [-0.4, -0.2) is 10.7 Å². The molecular weight excluding hydrogens is 404 g/mol. The van der Waals surface area contributed by atoms with Gasteiger partial charge in [-0.3, -0.25) is 0 Å². The number of benzene rings is 1. The minimum Gasteiger partial charge on any atom is -0.464 e. The summed E-state index contributed by atoms with van der Waals surface area (Å²) in [5, 5.41) is 11.3. The summed E-state index contributed by atoms with van der Waals surface area (Å²) in [5.41, 5.74) is 2.35. The maximum atomic E-state index is 6.32. The molecule has 2 aliphatic heterocycles. The SMILES string of the molecule is Brc1ccc2c(c1)[C@H]1CC(c3cccs3)=NN1[C@@H](c1cccs1)O2. The second kappa shape index (κ2) is 5.72. The normalized spacial score (nSPS) is 21.9. The summed E-state index contributed by atoms with van der Waals surface area (Å²) in [7, 11) is 0. The fourth-order valence-electron chi connectivity index (χ4n) is 3.27. The Morgan fingerprint density at radius 1 is 1.12 bits per heavy atom. The lowest BCUT2D eigenvalue weighted by molar-refractivity contribution is -0.0166. The molecule has 0 saturated carbocycles. The molecule has 3 nitrogen and oxygen atoms in total. The fourth-order valence-corrected chi connectivity index (χ4v) is 5.11. The summed E-state index contributed by atoms with van der Waals surface area (Å²) < 4.78 is 7.40. The van der Waals surface area contributed by atoms with Crippen LogP contribution in [0.2, 0.25) is 0 Å². The Labute approximate surface area is 156 Å². The quantitative estimate of drug-likeness (QED) is 0.525. The van der Waals surface area contributed by atoms with Crippen LogP contribution in [0.1, 0.15) is 34.0 Å². The van der Waals surface area contributed by atoms with Crippen molar-refractivity contribution in [2.24, 2.45) is 5.10 Å². The molecule has 0 amide bonds. The van der Waals surface area contributed by atoms with Gasteiger partial charge in [-0.25, -0.2) is 5.01 Å². The molecule has 0 fully saturated rings. The van der Waals surface area contributed by atoms with E-state index in [1.165, 1.54) is 15.3 Å². The third-order valence-electron chi connectivity index (χ3n) is 4.34. The van der Waals surface area contributed by atoms with Crippen molar-refractivity contribution in [3.63, 3.8) is 0 Å². The van der Waals surface area contributed by atoms with E-state index in [2.05, 4.69) is 68.1 Å². The van der Waals surface area contributed by atoms with Crippen molar-refractivity contribution in [2.75, 3.05) is 0 Å². The average molecular weight is 417 g/mol. The molecule has 2 aliphatic rings. The molecule has 0 N–H and O–H groups in total. The van der Waals surface area contributed by atoms with Crippen molar-refractivity contribution in [1.29, 1.82) is 0 Å². The van der Waals surface area contributed by atoms with Crippen molar-refractivity contribution in [2.45, 2.75) is 18.7 Å². The molecule has 0 radical (unpaired) electrons. The first kappa shape index (κ1) is 14.7. The van der Waals surface area contributed by atoms with Gasteiger partial charge in [0.15, 0.2) is 0 Å². The van der Waals surface area contributed by atoms with Gasteiger partial charge in [-0.15, -0.1) is 22.7 Å². The molecule has 3 aromatic rings. The average Bonchev–Trinajstić information content (AvgIpc) is 3.33. The molecule has 0 bridgehead atoms. The first-order chi connectivity index (χ1) is 11.8. The zero-order valence-corrected chi connectivity index (χ0v) is 15.8. The molecule has 0 aliphatic carbocycles. The maximum absolute atomic E-state index is 6.32. The van der Waals surface area contributed by atoms with Gasteiger partial charge in [-0.05, 0) is 41.1 Å². The Morgan fingerprint density at radius 2 is 2.00 bits per heavy atom. The van der Waals surface area contributed by atoms with Gasteiger partial charge in [0.1, 0.15) is 5.75 Å².